The van der Waals surface area contributed by atoms with E-state index in [2.05, 4.69) is 35.0 Å². The molecule has 0 amide bonds. The second kappa shape index (κ2) is 5.41. The molecule has 1 saturated carbocycles. The van der Waals surface area contributed by atoms with Crippen molar-refractivity contribution in [2.75, 3.05) is 11.1 Å². The summed E-state index contributed by atoms with van der Waals surface area (Å²) >= 11 is 3.69. The third-order valence-corrected chi connectivity index (χ3v) is 6.26. The minimum absolute atomic E-state index is 0.567. The third kappa shape index (κ3) is 2.47. The number of fused-ring (bicyclic) bond motifs is 2. The summed E-state index contributed by atoms with van der Waals surface area (Å²) in [5, 5.41) is 8.09. The third-order valence-electron chi connectivity index (χ3n) is 4.29. The molecule has 1 fully saturated rings. The lowest BCUT2D eigenvalue weighted by molar-refractivity contribution is 0.336. The van der Waals surface area contributed by atoms with E-state index >= 15 is 0 Å². The lowest BCUT2D eigenvalue weighted by Crippen LogP contribution is -2.31. The molecule has 0 bridgehead atoms. The van der Waals surface area contributed by atoms with E-state index in [-0.39, 0.29) is 0 Å². The number of thioether (sulfide) groups is 1. The molecule has 2 heterocycles. The maximum absolute atomic E-state index is 4.94. The van der Waals surface area contributed by atoms with E-state index in [1.165, 1.54) is 41.5 Å². The molecule has 1 aliphatic heterocycles. The number of thiophene rings is 1. The summed E-state index contributed by atoms with van der Waals surface area (Å²) in [7, 11) is 0. The summed E-state index contributed by atoms with van der Waals surface area (Å²) < 4.78 is 1.35. The van der Waals surface area contributed by atoms with Gasteiger partial charge in [0.15, 0.2) is 5.17 Å². The van der Waals surface area contributed by atoms with E-state index in [1.807, 2.05) is 11.8 Å². The van der Waals surface area contributed by atoms with Crippen molar-refractivity contribution in [2.24, 2.45) is 10.9 Å². The SMILES string of the molecule is c1cc2cc(NC3=NC4CCCCC4CS3)ccc2s1. The molecule has 0 radical (unpaired) electrons. The van der Waals surface area contributed by atoms with Crippen LogP contribution in [-0.2, 0) is 0 Å². The molecular formula is C16H18N2S2. The Labute approximate surface area is 127 Å². The van der Waals surface area contributed by atoms with Crippen molar-refractivity contribution in [1.82, 2.24) is 0 Å². The Kier molecular flexibility index (Phi) is 3.44. The van der Waals surface area contributed by atoms with Gasteiger partial charge in [0.05, 0.1) is 6.04 Å². The molecule has 1 aliphatic carbocycles. The van der Waals surface area contributed by atoms with Crippen LogP contribution in [-0.4, -0.2) is 17.0 Å². The lowest BCUT2D eigenvalue weighted by atomic mass is 9.86. The highest BCUT2D eigenvalue weighted by Gasteiger charge is 2.29. The van der Waals surface area contributed by atoms with E-state index in [4.69, 9.17) is 4.99 Å². The second-order valence-corrected chi connectivity index (χ2v) is 7.61. The van der Waals surface area contributed by atoms with Crippen molar-refractivity contribution in [3.8, 4) is 0 Å². The van der Waals surface area contributed by atoms with Gasteiger partial charge in [-0.15, -0.1) is 11.3 Å². The molecule has 4 rings (SSSR count). The molecule has 1 N–H and O–H groups in total. The van der Waals surface area contributed by atoms with Crippen LogP contribution < -0.4 is 5.32 Å². The molecule has 2 unspecified atom stereocenters. The Hall–Kier alpha value is -1.00. The van der Waals surface area contributed by atoms with Gasteiger partial charge < -0.3 is 5.32 Å². The van der Waals surface area contributed by atoms with Gasteiger partial charge in [-0.3, -0.25) is 4.99 Å². The van der Waals surface area contributed by atoms with Crippen molar-refractivity contribution >= 4 is 44.0 Å². The molecule has 2 aliphatic rings. The number of hydrogen-bond acceptors (Lipinski definition) is 4. The summed E-state index contributed by atoms with van der Waals surface area (Å²) in [6, 6.07) is 9.33. The van der Waals surface area contributed by atoms with Crippen LogP contribution in [0, 0.1) is 5.92 Å². The van der Waals surface area contributed by atoms with Crippen LogP contribution in [0.4, 0.5) is 5.69 Å². The maximum atomic E-state index is 4.94. The summed E-state index contributed by atoms with van der Waals surface area (Å²) in [6.45, 7) is 0. The highest BCUT2D eigenvalue weighted by atomic mass is 32.2. The minimum Gasteiger partial charge on any atom is -0.335 e. The molecular weight excluding hydrogens is 284 g/mol. The van der Waals surface area contributed by atoms with Crippen LogP contribution in [0.5, 0.6) is 0 Å². The zero-order valence-corrected chi connectivity index (χ0v) is 13.0. The molecule has 2 aromatic rings. The number of benzene rings is 1. The number of anilines is 1. The Morgan fingerprint density at radius 2 is 2.10 bits per heavy atom. The fraction of sp³-hybridized carbons (Fsp3) is 0.438. The average molecular weight is 302 g/mol. The molecule has 20 heavy (non-hydrogen) atoms. The van der Waals surface area contributed by atoms with Gasteiger partial charge in [0.1, 0.15) is 0 Å². The van der Waals surface area contributed by atoms with Crippen LogP contribution in [0.2, 0.25) is 0 Å². The molecule has 2 nitrogen and oxygen atoms in total. The number of nitrogens with zero attached hydrogens (tertiary/aromatic N) is 1. The molecule has 4 heteroatoms. The number of hydrogen-bond donors (Lipinski definition) is 1. The quantitative estimate of drug-likeness (QED) is 0.804. The van der Waals surface area contributed by atoms with Gasteiger partial charge in [-0.2, -0.15) is 0 Å². The standard InChI is InChI=1S/C16H18N2S2/c1-2-4-14-12(3-1)10-20-16(18-14)17-13-5-6-15-11(9-13)7-8-19-15/h5-9,12,14H,1-4,10H2,(H,17,18). The Morgan fingerprint density at radius 1 is 1.15 bits per heavy atom. The van der Waals surface area contributed by atoms with Gasteiger partial charge in [0.2, 0.25) is 0 Å². The number of rotatable bonds is 1. The predicted octanol–water partition coefficient (Wildman–Crippen LogP) is 4.97. The van der Waals surface area contributed by atoms with Crippen molar-refractivity contribution < 1.29 is 0 Å². The first kappa shape index (κ1) is 12.7. The van der Waals surface area contributed by atoms with Gasteiger partial charge in [0.25, 0.3) is 0 Å². The first-order valence-electron chi connectivity index (χ1n) is 7.33. The maximum Gasteiger partial charge on any atom is 0.161 e. The van der Waals surface area contributed by atoms with Crippen LogP contribution in [0.15, 0.2) is 34.6 Å². The van der Waals surface area contributed by atoms with Crippen molar-refractivity contribution in [2.45, 2.75) is 31.7 Å². The van der Waals surface area contributed by atoms with Gasteiger partial charge in [-0.05, 0) is 53.8 Å². The summed E-state index contributed by atoms with van der Waals surface area (Å²) in [6.07, 6.45) is 5.40. The summed E-state index contributed by atoms with van der Waals surface area (Å²) in [5.41, 5.74) is 1.16. The zero-order valence-electron chi connectivity index (χ0n) is 11.3. The minimum atomic E-state index is 0.567. The van der Waals surface area contributed by atoms with E-state index < -0.39 is 0 Å². The number of aliphatic imine (C=N–C) groups is 1. The summed E-state index contributed by atoms with van der Waals surface area (Å²) in [4.78, 5) is 4.94. The van der Waals surface area contributed by atoms with Gasteiger partial charge in [-0.25, -0.2) is 0 Å². The zero-order chi connectivity index (χ0) is 13.4. The Morgan fingerprint density at radius 3 is 3.10 bits per heavy atom. The Balaban J connectivity index is 1.54. The van der Waals surface area contributed by atoms with Crippen LogP contribution >= 0.6 is 23.1 Å². The molecule has 0 spiro atoms. The molecule has 1 aromatic heterocycles. The highest BCUT2D eigenvalue weighted by molar-refractivity contribution is 8.14. The topological polar surface area (TPSA) is 24.4 Å². The second-order valence-electron chi connectivity index (χ2n) is 5.66. The largest absolute Gasteiger partial charge is 0.335 e. The van der Waals surface area contributed by atoms with Crippen molar-refractivity contribution in [1.29, 1.82) is 0 Å². The van der Waals surface area contributed by atoms with E-state index in [0.29, 0.717) is 6.04 Å². The smallest absolute Gasteiger partial charge is 0.161 e. The molecule has 0 saturated heterocycles. The van der Waals surface area contributed by atoms with Gasteiger partial charge in [0, 0.05) is 16.1 Å². The number of nitrogens with one attached hydrogen (secondary N) is 1. The van der Waals surface area contributed by atoms with Crippen molar-refractivity contribution in [3.63, 3.8) is 0 Å². The first-order valence-corrected chi connectivity index (χ1v) is 9.20. The van der Waals surface area contributed by atoms with Gasteiger partial charge >= 0.3 is 0 Å². The Bertz CT molecular complexity index is 647. The van der Waals surface area contributed by atoms with Crippen LogP contribution in [0.3, 0.4) is 0 Å². The monoisotopic (exact) mass is 302 g/mol. The lowest BCUT2D eigenvalue weighted by Gasteiger charge is -2.32. The van der Waals surface area contributed by atoms with Crippen LogP contribution in [0.25, 0.3) is 10.1 Å². The van der Waals surface area contributed by atoms with E-state index in [9.17, 15) is 0 Å². The average Bonchev–Trinajstić information content (AvgIpc) is 2.95. The molecule has 1 aromatic carbocycles. The van der Waals surface area contributed by atoms with Gasteiger partial charge in [-0.1, -0.05) is 24.6 Å². The molecule has 104 valence electrons. The fourth-order valence-corrected chi connectivity index (χ4v) is 5.09. The number of amidine groups is 1. The van der Waals surface area contributed by atoms with Crippen molar-refractivity contribution in [3.05, 3.63) is 29.6 Å². The van der Waals surface area contributed by atoms with E-state index in [0.717, 1.165) is 16.8 Å². The van der Waals surface area contributed by atoms with Crippen LogP contribution in [0.1, 0.15) is 25.7 Å². The molecule has 2 atom stereocenters. The normalized spacial score (nSPS) is 26.1. The first-order chi connectivity index (χ1) is 9.88. The van der Waals surface area contributed by atoms with E-state index in [1.54, 1.807) is 11.3 Å². The highest BCUT2D eigenvalue weighted by Crippen LogP contribution is 2.34. The predicted molar refractivity (Wildman–Crippen MR) is 91.1 cm³/mol. The summed E-state index contributed by atoms with van der Waals surface area (Å²) in [5.74, 6) is 2.05. The fourth-order valence-electron chi connectivity index (χ4n) is 3.16.